The van der Waals surface area contributed by atoms with Crippen molar-refractivity contribution in [3.05, 3.63) is 59.2 Å². The number of aryl methyl sites for hydroxylation is 1. The van der Waals surface area contributed by atoms with Crippen LogP contribution >= 0.6 is 0 Å². The first-order valence-electron chi connectivity index (χ1n) is 9.22. The van der Waals surface area contributed by atoms with Crippen LogP contribution in [0, 0.1) is 18.6 Å². The lowest BCUT2D eigenvalue weighted by Crippen LogP contribution is -2.50. The van der Waals surface area contributed by atoms with Crippen molar-refractivity contribution in [2.45, 2.75) is 18.7 Å². The quantitative estimate of drug-likeness (QED) is 0.796. The highest BCUT2D eigenvalue weighted by atomic mass is 32.2. The topological polar surface area (TPSA) is 86.8 Å². The molecule has 0 aromatic heterocycles. The molecule has 1 heterocycles. The van der Waals surface area contributed by atoms with Gasteiger partial charge in [-0.2, -0.15) is 4.31 Å². The van der Waals surface area contributed by atoms with Gasteiger partial charge in [-0.3, -0.25) is 9.59 Å². The summed E-state index contributed by atoms with van der Waals surface area (Å²) in [6, 6.07) is 7.19. The molecule has 0 unspecified atom stereocenters. The molecule has 1 aliphatic heterocycles. The van der Waals surface area contributed by atoms with Crippen LogP contribution in [0.3, 0.4) is 0 Å². The number of sulfonamides is 1. The Morgan fingerprint density at radius 1 is 1.00 bits per heavy atom. The second kappa shape index (κ2) is 8.49. The van der Waals surface area contributed by atoms with E-state index in [2.05, 4.69) is 5.32 Å². The van der Waals surface area contributed by atoms with Crippen LogP contribution in [0.5, 0.6) is 0 Å². The number of nitrogens with one attached hydrogen (secondary N) is 1. The largest absolute Gasteiger partial charge is 0.336 e. The van der Waals surface area contributed by atoms with E-state index in [4.69, 9.17) is 0 Å². The number of hydrogen-bond acceptors (Lipinski definition) is 4. The van der Waals surface area contributed by atoms with Gasteiger partial charge in [0, 0.05) is 44.4 Å². The lowest BCUT2D eigenvalue weighted by atomic mass is 10.1. The number of halogens is 2. The van der Waals surface area contributed by atoms with E-state index >= 15 is 0 Å². The Labute approximate surface area is 173 Å². The van der Waals surface area contributed by atoms with Crippen molar-refractivity contribution in [3.8, 4) is 0 Å². The number of piperazine rings is 1. The molecule has 0 bridgehead atoms. The molecule has 2 amide bonds. The zero-order chi connectivity index (χ0) is 22.1. The monoisotopic (exact) mass is 437 g/mol. The van der Waals surface area contributed by atoms with Gasteiger partial charge in [0.25, 0.3) is 5.91 Å². The number of amides is 2. The number of hydrogen-bond donors (Lipinski definition) is 1. The third kappa shape index (κ3) is 4.49. The van der Waals surface area contributed by atoms with E-state index in [1.54, 1.807) is 25.1 Å². The molecule has 1 aliphatic rings. The van der Waals surface area contributed by atoms with Crippen molar-refractivity contribution < 1.29 is 26.8 Å². The Bertz CT molecular complexity index is 1100. The fraction of sp³-hybridized carbons (Fsp3) is 0.300. The lowest BCUT2D eigenvalue weighted by Gasteiger charge is -2.34. The van der Waals surface area contributed by atoms with Gasteiger partial charge in [-0.15, -0.1) is 0 Å². The minimum absolute atomic E-state index is 0.0472. The van der Waals surface area contributed by atoms with Gasteiger partial charge in [0.15, 0.2) is 0 Å². The second-order valence-corrected chi connectivity index (χ2v) is 8.89. The molecule has 160 valence electrons. The SMILES string of the molecule is CC(=O)Nc1cc(C(=O)N2CCN(S(=O)(=O)c3cc(F)ccc3F)CC2)ccc1C. The zero-order valence-corrected chi connectivity index (χ0v) is 17.3. The smallest absolute Gasteiger partial charge is 0.254 e. The summed E-state index contributed by atoms with van der Waals surface area (Å²) in [5, 5.41) is 2.66. The molecule has 7 nitrogen and oxygen atoms in total. The van der Waals surface area contributed by atoms with E-state index < -0.39 is 26.6 Å². The molecule has 0 radical (unpaired) electrons. The number of rotatable bonds is 4. The molecule has 2 aromatic rings. The van der Waals surface area contributed by atoms with E-state index in [9.17, 15) is 26.8 Å². The number of nitrogens with zero attached hydrogens (tertiary/aromatic N) is 2. The van der Waals surface area contributed by atoms with Crippen LogP contribution in [0.4, 0.5) is 14.5 Å². The highest BCUT2D eigenvalue weighted by Crippen LogP contribution is 2.23. The maximum atomic E-state index is 13.9. The summed E-state index contributed by atoms with van der Waals surface area (Å²) in [6.45, 7) is 3.27. The second-order valence-electron chi connectivity index (χ2n) is 6.98. The molecule has 30 heavy (non-hydrogen) atoms. The Hall–Kier alpha value is -2.85. The van der Waals surface area contributed by atoms with Crippen LogP contribution in [-0.4, -0.2) is 55.6 Å². The predicted octanol–water partition coefficient (Wildman–Crippen LogP) is 2.38. The molecule has 2 aromatic carbocycles. The molecule has 10 heteroatoms. The van der Waals surface area contributed by atoms with Crippen LogP contribution in [0.15, 0.2) is 41.3 Å². The Kier molecular flexibility index (Phi) is 6.18. The number of benzene rings is 2. The summed E-state index contributed by atoms with van der Waals surface area (Å²) < 4.78 is 53.7. The van der Waals surface area contributed by atoms with Crippen molar-refractivity contribution in [1.82, 2.24) is 9.21 Å². The summed E-state index contributed by atoms with van der Waals surface area (Å²) in [4.78, 5) is 24.9. The summed E-state index contributed by atoms with van der Waals surface area (Å²) in [7, 11) is -4.22. The molecule has 0 aliphatic carbocycles. The highest BCUT2D eigenvalue weighted by molar-refractivity contribution is 7.89. The van der Waals surface area contributed by atoms with Crippen LogP contribution in [0.2, 0.25) is 0 Å². The van der Waals surface area contributed by atoms with Crippen molar-refractivity contribution in [3.63, 3.8) is 0 Å². The minimum Gasteiger partial charge on any atom is -0.336 e. The van der Waals surface area contributed by atoms with Crippen molar-refractivity contribution in [2.75, 3.05) is 31.5 Å². The first-order chi connectivity index (χ1) is 14.1. The van der Waals surface area contributed by atoms with Crippen LogP contribution in [-0.2, 0) is 14.8 Å². The van der Waals surface area contributed by atoms with E-state index in [-0.39, 0.29) is 38.0 Å². The third-order valence-corrected chi connectivity index (χ3v) is 6.75. The van der Waals surface area contributed by atoms with Gasteiger partial charge in [0.05, 0.1) is 0 Å². The molecular formula is C20H21F2N3O4S. The first-order valence-corrected chi connectivity index (χ1v) is 10.7. The fourth-order valence-electron chi connectivity index (χ4n) is 3.21. The van der Waals surface area contributed by atoms with Gasteiger partial charge in [-0.25, -0.2) is 17.2 Å². The van der Waals surface area contributed by atoms with Gasteiger partial charge in [0.2, 0.25) is 15.9 Å². The molecule has 0 saturated carbocycles. The fourth-order valence-corrected chi connectivity index (χ4v) is 4.71. The van der Waals surface area contributed by atoms with Crippen LogP contribution in [0.25, 0.3) is 0 Å². The Morgan fingerprint density at radius 2 is 1.67 bits per heavy atom. The van der Waals surface area contributed by atoms with E-state index in [0.717, 1.165) is 22.0 Å². The van der Waals surface area contributed by atoms with E-state index in [1.807, 2.05) is 0 Å². The maximum absolute atomic E-state index is 13.9. The summed E-state index contributed by atoms with van der Waals surface area (Å²) in [5.41, 5.74) is 1.68. The maximum Gasteiger partial charge on any atom is 0.254 e. The van der Waals surface area contributed by atoms with Crippen molar-refractivity contribution in [1.29, 1.82) is 0 Å². The van der Waals surface area contributed by atoms with E-state index in [0.29, 0.717) is 17.3 Å². The molecular weight excluding hydrogens is 416 g/mol. The molecule has 1 saturated heterocycles. The van der Waals surface area contributed by atoms with Gasteiger partial charge in [-0.05, 0) is 42.8 Å². The average Bonchev–Trinajstić information content (AvgIpc) is 2.70. The Balaban J connectivity index is 1.73. The van der Waals surface area contributed by atoms with Crippen LogP contribution < -0.4 is 5.32 Å². The van der Waals surface area contributed by atoms with Crippen molar-refractivity contribution >= 4 is 27.5 Å². The molecule has 0 atom stereocenters. The first kappa shape index (κ1) is 21.8. The molecule has 3 rings (SSSR count). The average molecular weight is 437 g/mol. The van der Waals surface area contributed by atoms with E-state index in [1.165, 1.54) is 11.8 Å². The number of carbonyl (C=O) groups excluding carboxylic acids is 2. The molecule has 1 fully saturated rings. The summed E-state index contributed by atoms with van der Waals surface area (Å²) in [5.74, 6) is -2.44. The predicted molar refractivity (Wildman–Crippen MR) is 107 cm³/mol. The molecule has 0 spiro atoms. The third-order valence-electron chi connectivity index (χ3n) is 4.83. The van der Waals surface area contributed by atoms with Gasteiger partial charge in [0.1, 0.15) is 16.5 Å². The van der Waals surface area contributed by atoms with Crippen LogP contribution in [0.1, 0.15) is 22.8 Å². The minimum atomic E-state index is -4.22. The molecule has 1 N–H and O–H groups in total. The van der Waals surface area contributed by atoms with Gasteiger partial charge in [-0.1, -0.05) is 6.07 Å². The lowest BCUT2D eigenvalue weighted by molar-refractivity contribution is -0.114. The highest BCUT2D eigenvalue weighted by Gasteiger charge is 2.32. The van der Waals surface area contributed by atoms with Gasteiger partial charge < -0.3 is 10.2 Å². The standard InChI is InChI=1S/C20H21F2N3O4S/c1-13-3-4-15(11-18(13)23-14(2)26)20(27)24-7-9-25(10-8-24)30(28,29)19-12-16(21)5-6-17(19)22/h3-6,11-12H,7-10H2,1-2H3,(H,23,26). The number of carbonyl (C=O) groups is 2. The summed E-state index contributed by atoms with van der Waals surface area (Å²) in [6.07, 6.45) is 0. The van der Waals surface area contributed by atoms with Gasteiger partial charge >= 0.3 is 0 Å². The van der Waals surface area contributed by atoms with Crippen molar-refractivity contribution in [2.24, 2.45) is 0 Å². The zero-order valence-electron chi connectivity index (χ0n) is 16.5. The normalized spacial score (nSPS) is 15.1. The Morgan fingerprint density at radius 3 is 2.30 bits per heavy atom. The number of anilines is 1. The summed E-state index contributed by atoms with van der Waals surface area (Å²) >= 11 is 0.